The van der Waals surface area contributed by atoms with Gasteiger partial charge in [-0.3, -0.25) is 9.78 Å². The first-order valence-corrected chi connectivity index (χ1v) is 7.19. The van der Waals surface area contributed by atoms with Crippen LogP contribution in [0, 0.1) is 0 Å². The van der Waals surface area contributed by atoms with Crippen molar-refractivity contribution in [2.24, 2.45) is 5.10 Å². The van der Waals surface area contributed by atoms with Crippen LogP contribution in [0.4, 0.5) is 0 Å². The van der Waals surface area contributed by atoms with Crippen LogP contribution in [-0.4, -0.2) is 21.2 Å². The average Bonchev–Trinajstić information content (AvgIpc) is 3.16. The zero-order valence-corrected chi connectivity index (χ0v) is 11.9. The van der Waals surface area contributed by atoms with Crippen LogP contribution < -0.4 is 5.43 Å². The van der Waals surface area contributed by atoms with Crippen LogP contribution >= 0.6 is 0 Å². The lowest BCUT2D eigenvalue weighted by molar-refractivity contribution is 0.0956. The molecule has 0 saturated heterocycles. The molecule has 0 fully saturated rings. The van der Waals surface area contributed by atoms with E-state index in [2.05, 4.69) is 20.1 Å². The number of nitrogens with zero attached hydrogens (tertiary/aromatic N) is 3. The summed E-state index contributed by atoms with van der Waals surface area (Å²) in [6, 6.07) is 13.4. The highest BCUT2D eigenvalue weighted by atomic mass is 16.2. The lowest BCUT2D eigenvalue weighted by Crippen LogP contribution is -2.20. The van der Waals surface area contributed by atoms with Crippen molar-refractivity contribution in [3.63, 3.8) is 0 Å². The molecule has 0 bridgehead atoms. The topological polar surface area (TPSA) is 59.3 Å². The number of carbonyl (C=O) groups is 1. The fourth-order valence-corrected chi connectivity index (χ4v) is 2.80. The number of hydrazone groups is 1. The molecule has 5 heteroatoms. The van der Waals surface area contributed by atoms with Gasteiger partial charge in [-0.25, -0.2) is 5.43 Å². The number of hydrogen-bond donors (Lipinski definition) is 1. The number of para-hydroxylation sites is 1. The van der Waals surface area contributed by atoms with Gasteiger partial charge < -0.3 is 4.57 Å². The van der Waals surface area contributed by atoms with Gasteiger partial charge in [0.2, 0.25) is 0 Å². The number of aryl methyl sites for hydroxylation is 1. The van der Waals surface area contributed by atoms with Crippen molar-refractivity contribution in [2.45, 2.75) is 13.0 Å². The van der Waals surface area contributed by atoms with Gasteiger partial charge in [-0.15, -0.1) is 0 Å². The van der Waals surface area contributed by atoms with E-state index in [9.17, 15) is 4.79 Å². The average molecular weight is 290 g/mol. The smallest absolute Gasteiger partial charge is 0.273 e. The standard InChI is InChI=1S/C17H14N4O/c22-17(13-6-1-4-12-5-2-9-18-16(12)13)20-19-14-8-11-21-10-3-7-15(14)21/h1-7,9-10H,8,11H2,(H,20,22)/b19-14-. The molecule has 0 radical (unpaired) electrons. The molecule has 1 aliphatic heterocycles. The number of aromatic nitrogens is 2. The Morgan fingerprint density at radius 2 is 2.09 bits per heavy atom. The van der Waals surface area contributed by atoms with E-state index in [-0.39, 0.29) is 5.91 Å². The molecule has 1 amide bonds. The molecule has 1 N–H and O–H groups in total. The maximum absolute atomic E-state index is 12.4. The van der Waals surface area contributed by atoms with Gasteiger partial charge in [0.1, 0.15) is 0 Å². The molecule has 108 valence electrons. The van der Waals surface area contributed by atoms with Gasteiger partial charge >= 0.3 is 0 Å². The molecule has 1 aliphatic rings. The lowest BCUT2D eigenvalue weighted by Gasteiger charge is -2.04. The van der Waals surface area contributed by atoms with Crippen molar-refractivity contribution in [2.75, 3.05) is 0 Å². The zero-order valence-electron chi connectivity index (χ0n) is 11.9. The fourth-order valence-electron chi connectivity index (χ4n) is 2.80. The predicted molar refractivity (Wildman–Crippen MR) is 84.8 cm³/mol. The number of rotatable bonds is 2. The molecular formula is C17H14N4O. The van der Waals surface area contributed by atoms with Gasteiger partial charge in [-0.1, -0.05) is 18.2 Å². The van der Waals surface area contributed by atoms with Crippen LogP contribution in [0.5, 0.6) is 0 Å². The van der Waals surface area contributed by atoms with Gasteiger partial charge in [-0.2, -0.15) is 5.10 Å². The first-order valence-electron chi connectivity index (χ1n) is 7.19. The van der Waals surface area contributed by atoms with E-state index in [1.807, 2.05) is 42.6 Å². The molecule has 1 aromatic carbocycles. The van der Waals surface area contributed by atoms with Crippen molar-refractivity contribution in [1.29, 1.82) is 0 Å². The Bertz CT molecular complexity index is 889. The van der Waals surface area contributed by atoms with Crippen LogP contribution in [0.1, 0.15) is 22.5 Å². The highest BCUT2D eigenvalue weighted by Crippen LogP contribution is 2.17. The van der Waals surface area contributed by atoms with E-state index in [1.54, 1.807) is 12.3 Å². The zero-order chi connectivity index (χ0) is 14.9. The van der Waals surface area contributed by atoms with E-state index in [0.29, 0.717) is 11.1 Å². The van der Waals surface area contributed by atoms with Crippen molar-refractivity contribution in [1.82, 2.24) is 15.0 Å². The number of amides is 1. The van der Waals surface area contributed by atoms with Crippen LogP contribution in [0.25, 0.3) is 10.9 Å². The Hall–Kier alpha value is -2.95. The summed E-state index contributed by atoms with van der Waals surface area (Å²) in [5.41, 5.74) is 5.86. The van der Waals surface area contributed by atoms with E-state index in [1.165, 1.54) is 0 Å². The minimum atomic E-state index is -0.234. The quantitative estimate of drug-likeness (QED) is 0.737. The Labute approximate surface area is 127 Å². The Morgan fingerprint density at radius 3 is 3.05 bits per heavy atom. The van der Waals surface area contributed by atoms with Crippen LogP contribution in [-0.2, 0) is 6.54 Å². The molecule has 0 spiro atoms. The highest BCUT2D eigenvalue weighted by Gasteiger charge is 2.17. The van der Waals surface area contributed by atoms with E-state index in [0.717, 1.165) is 29.8 Å². The number of hydrogen-bond acceptors (Lipinski definition) is 3. The molecule has 2 aromatic heterocycles. The number of pyridine rings is 1. The van der Waals surface area contributed by atoms with Gasteiger partial charge in [0.05, 0.1) is 22.5 Å². The van der Waals surface area contributed by atoms with Crippen molar-refractivity contribution in [3.05, 3.63) is 66.1 Å². The van der Waals surface area contributed by atoms with Crippen LogP contribution in [0.15, 0.2) is 60.0 Å². The molecule has 3 aromatic rings. The second-order valence-electron chi connectivity index (χ2n) is 5.22. The van der Waals surface area contributed by atoms with Crippen molar-refractivity contribution >= 4 is 22.5 Å². The van der Waals surface area contributed by atoms with Gasteiger partial charge in [0, 0.05) is 30.7 Å². The Balaban J connectivity index is 1.63. The molecule has 0 atom stereocenters. The molecule has 3 heterocycles. The SMILES string of the molecule is O=C(N/N=C1/CCn2cccc21)c1cccc2cccnc12. The summed E-state index contributed by atoms with van der Waals surface area (Å²) in [7, 11) is 0. The third-order valence-electron chi connectivity index (χ3n) is 3.88. The Kier molecular flexibility index (Phi) is 2.96. The van der Waals surface area contributed by atoms with Gasteiger partial charge in [0.25, 0.3) is 5.91 Å². The number of carbonyl (C=O) groups excluding carboxylic acids is 1. The Morgan fingerprint density at radius 1 is 1.18 bits per heavy atom. The number of nitrogens with one attached hydrogen (secondary N) is 1. The maximum Gasteiger partial charge on any atom is 0.273 e. The van der Waals surface area contributed by atoms with E-state index in [4.69, 9.17) is 0 Å². The molecule has 0 aliphatic carbocycles. The minimum absolute atomic E-state index is 0.234. The van der Waals surface area contributed by atoms with Crippen molar-refractivity contribution in [3.8, 4) is 0 Å². The first-order chi connectivity index (χ1) is 10.8. The summed E-state index contributed by atoms with van der Waals surface area (Å²) in [5.74, 6) is -0.234. The molecule has 22 heavy (non-hydrogen) atoms. The third-order valence-corrected chi connectivity index (χ3v) is 3.88. The maximum atomic E-state index is 12.4. The molecular weight excluding hydrogens is 276 g/mol. The van der Waals surface area contributed by atoms with Crippen LogP contribution in [0.2, 0.25) is 0 Å². The lowest BCUT2D eigenvalue weighted by atomic mass is 10.1. The normalized spacial score (nSPS) is 15.2. The highest BCUT2D eigenvalue weighted by molar-refractivity contribution is 6.07. The van der Waals surface area contributed by atoms with Crippen molar-refractivity contribution < 1.29 is 4.79 Å². The monoisotopic (exact) mass is 290 g/mol. The predicted octanol–water partition coefficient (Wildman–Crippen LogP) is 2.57. The first kappa shape index (κ1) is 12.8. The number of benzene rings is 1. The second kappa shape index (κ2) is 5.11. The van der Waals surface area contributed by atoms with Gasteiger partial charge in [0.15, 0.2) is 0 Å². The van der Waals surface area contributed by atoms with Gasteiger partial charge in [-0.05, 0) is 24.3 Å². The largest absolute Gasteiger partial charge is 0.346 e. The second-order valence-corrected chi connectivity index (χ2v) is 5.22. The third kappa shape index (κ3) is 2.07. The summed E-state index contributed by atoms with van der Waals surface area (Å²) in [6.07, 6.45) is 4.55. The molecule has 0 saturated carbocycles. The number of fused-ring (bicyclic) bond motifs is 2. The summed E-state index contributed by atoms with van der Waals surface area (Å²) < 4.78 is 2.13. The van der Waals surface area contributed by atoms with Crippen LogP contribution in [0.3, 0.4) is 0 Å². The summed E-state index contributed by atoms with van der Waals surface area (Å²) in [5, 5.41) is 5.23. The molecule has 4 rings (SSSR count). The van der Waals surface area contributed by atoms with E-state index < -0.39 is 0 Å². The fraction of sp³-hybridized carbons (Fsp3) is 0.118. The summed E-state index contributed by atoms with van der Waals surface area (Å²) in [6.45, 7) is 0.910. The minimum Gasteiger partial charge on any atom is -0.346 e. The summed E-state index contributed by atoms with van der Waals surface area (Å²) >= 11 is 0. The summed E-state index contributed by atoms with van der Waals surface area (Å²) in [4.78, 5) is 16.7. The van der Waals surface area contributed by atoms with E-state index >= 15 is 0 Å². The molecule has 0 unspecified atom stereocenters. The molecule has 5 nitrogen and oxygen atoms in total.